The number of nitrogens with zero attached hydrogens (tertiary/aromatic N) is 4. The number of hydrogen-bond donors (Lipinski definition) is 2. The van der Waals surface area contributed by atoms with Gasteiger partial charge in [-0.25, -0.2) is 9.78 Å². The Morgan fingerprint density at radius 2 is 1.79 bits per heavy atom. The highest BCUT2D eigenvalue weighted by Crippen LogP contribution is 2.19. The molecule has 0 aliphatic carbocycles. The molecule has 3 amide bonds. The van der Waals surface area contributed by atoms with E-state index < -0.39 is 0 Å². The molecule has 0 spiro atoms. The Bertz CT molecular complexity index is 1160. The molecule has 2 N–H and O–H groups in total. The van der Waals surface area contributed by atoms with Gasteiger partial charge in [-0.15, -0.1) is 0 Å². The van der Waals surface area contributed by atoms with Crippen LogP contribution in [-0.4, -0.2) is 63.5 Å². The first kappa shape index (κ1) is 22.8. The lowest BCUT2D eigenvalue weighted by Gasteiger charge is -2.34. The third-order valence-corrected chi connectivity index (χ3v) is 6.07. The first-order valence-corrected chi connectivity index (χ1v) is 11.4. The lowest BCUT2D eigenvalue weighted by atomic mass is 10.2. The maximum atomic E-state index is 12.7. The fourth-order valence-electron chi connectivity index (χ4n) is 4.09. The number of urea groups is 1. The van der Waals surface area contributed by atoms with E-state index in [1.54, 1.807) is 0 Å². The molecule has 3 aromatic rings. The molecule has 0 bridgehead atoms. The molecule has 0 unspecified atom stereocenters. The van der Waals surface area contributed by atoms with Crippen molar-refractivity contribution in [3.8, 4) is 0 Å². The lowest BCUT2D eigenvalue weighted by molar-refractivity contribution is 0.0943. The minimum atomic E-state index is -0.0841. The van der Waals surface area contributed by atoms with Crippen LogP contribution >= 0.6 is 0 Å². The number of carbonyl (C=O) groups is 2. The van der Waals surface area contributed by atoms with E-state index >= 15 is 0 Å². The van der Waals surface area contributed by atoms with Gasteiger partial charge >= 0.3 is 6.03 Å². The van der Waals surface area contributed by atoms with Gasteiger partial charge in [0.1, 0.15) is 5.82 Å². The standard InChI is InChI=1S/C25H32N6O2/c1-17(2)26-24(32)19-9-10-22-21(15-19)27-23(29(22)4)16-30-11-13-31(14-12-30)25(33)28-20-8-6-5-7-18(20)3/h5-10,15,17H,11-14,16H2,1-4H3,(H,26,32)(H,28,33). The van der Waals surface area contributed by atoms with E-state index in [1.165, 1.54) is 0 Å². The van der Waals surface area contributed by atoms with Gasteiger partial charge in [-0.3, -0.25) is 9.69 Å². The van der Waals surface area contributed by atoms with Gasteiger partial charge in [0.25, 0.3) is 5.91 Å². The Hall–Kier alpha value is -3.39. The number of nitrogens with one attached hydrogen (secondary N) is 2. The fourth-order valence-corrected chi connectivity index (χ4v) is 4.09. The van der Waals surface area contributed by atoms with Crippen molar-refractivity contribution in [2.45, 2.75) is 33.4 Å². The van der Waals surface area contributed by atoms with E-state index in [9.17, 15) is 9.59 Å². The maximum Gasteiger partial charge on any atom is 0.321 e. The van der Waals surface area contributed by atoms with Crippen LogP contribution in [-0.2, 0) is 13.6 Å². The number of aromatic nitrogens is 2. The molecule has 4 rings (SSSR count). The third-order valence-electron chi connectivity index (χ3n) is 6.07. The van der Waals surface area contributed by atoms with Crippen LogP contribution in [0.3, 0.4) is 0 Å². The Labute approximate surface area is 194 Å². The van der Waals surface area contributed by atoms with Crippen LogP contribution < -0.4 is 10.6 Å². The van der Waals surface area contributed by atoms with E-state index in [0.717, 1.165) is 41.2 Å². The molecule has 0 radical (unpaired) electrons. The zero-order valence-corrected chi connectivity index (χ0v) is 19.8. The van der Waals surface area contributed by atoms with Crippen molar-refractivity contribution in [2.75, 3.05) is 31.5 Å². The molecule has 1 aromatic heterocycles. The summed E-state index contributed by atoms with van der Waals surface area (Å²) < 4.78 is 2.08. The normalized spacial score (nSPS) is 14.6. The molecule has 8 heteroatoms. The number of para-hydroxylation sites is 1. The summed E-state index contributed by atoms with van der Waals surface area (Å²) in [5.41, 5.74) is 4.35. The van der Waals surface area contributed by atoms with Gasteiger partial charge in [-0.2, -0.15) is 0 Å². The number of piperazine rings is 1. The summed E-state index contributed by atoms with van der Waals surface area (Å²) in [7, 11) is 2.00. The van der Waals surface area contributed by atoms with Gasteiger partial charge in [0.05, 0.1) is 17.6 Å². The highest BCUT2D eigenvalue weighted by Gasteiger charge is 2.23. The highest BCUT2D eigenvalue weighted by atomic mass is 16.2. The van der Waals surface area contributed by atoms with Gasteiger partial charge in [0, 0.05) is 50.5 Å². The molecule has 1 aliphatic heterocycles. The van der Waals surface area contributed by atoms with Crippen molar-refractivity contribution in [3.05, 3.63) is 59.4 Å². The second-order valence-corrected chi connectivity index (χ2v) is 8.93. The first-order valence-electron chi connectivity index (χ1n) is 11.4. The Balaban J connectivity index is 1.37. The third kappa shape index (κ3) is 5.17. The molecule has 1 fully saturated rings. The Morgan fingerprint density at radius 1 is 1.06 bits per heavy atom. The van der Waals surface area contributed by atoms with Gasteiger partial charge in [-0.05, 0) is 50.6 Å². The van der Waals surface area contributed by atoms with Crippen molar-refractivity contribution < 1.29 is 9.59 Å². The van der Waals surface area contributed by atoms with E-state index in [1.807, 2.05) is 75.2 Å². The number of hydrogen-bond acceptors (Lipinski definition) is 4. The van der Waals surface area contributed by atoms with Crippen LogP contribution in [0.2, 0.25) is 0 Å². The quantitative estimate of drug-likeness (QED) is 0.627. The number of fused-ring (bicyclic) bond motifs is 1. The van der Waals surface area contributed by atoms with E-state index in [2.05, 4.69) is 20.1 Å². The van der Waals surface area contributed by atoms with Crippen molar-refractivity contribution in [2.24, 2.45) is 7.05 Å². The average molecular weight is 449 g/mol. The van der Waals surface area contributed by atoms with Gasteiger partial charge in [-0.1, -0.05) is 18.2 Å². The summed E-state index contributed by atoms with van der Waals surface area (Å²) in [6.07, 6.45) is 0. The molecule has 1 aliphatic rings. The number of carbonyl (C=O) groups excluding carboxylic acids is 2. The summed E-state index contributed by atoms with van der Waals surface area (Å²) in [4.78, 5) is 34.0. The van der Waals surface area contributed by atoms with E-state index in [0.29, 0.717) is 25.2 Å². The molecule has 0 saturated carbocycles. The topological polar surface area (TPSA) is 82.5 Å². The number of imidazole rings is 1. The molecule has 1 saturated heterocycles. The predicted molar refractivity (Wildman–Crippen MR) is 130 cm³/mol. The zero-order valence-electron chi connectivity index (χ0n) is 19.8. The smallest absolute Gasteiger partial charge is 0.321 e. The number of aryl methyl sites for hydroxylation is 2. The molecule has 8 nitrogen and oxygen atoms in total. The average Bonchev–Trinajstić information content (AvgIpc) is 3.10. The molecular weight excluding hydrogens is 416 g/mol. The van der Waals surface area contributed by atoms with Crippen LogP contribution in [0, 0.1) is 6.92 Å². The number of anilines is 1. The summed E-state index contributed by atoms with van der Waals surface area (Å²) in [5, 5.41) is 5.94. The maximum absolute atomic E-state index is 12.7. The molecule has 2 aromatic carbocycles. The van der Waals surface area contributed by atoms with Gasteiger partial charge < -0.3 is 20.1 Å². The second-order valence-electron chi connectivity index (χ2n) is 8.93. The number of amides is 3. The van der Waals surface area contributed by atoms with Crippen molar-refractivity contribution >= 4 is 28.7 Å². The molecular formula is C25H32N6O2. The van der Waals surface area contributed by atoms with Crippen LogP contribution in [0.25, 0.3) is 11.0 Å². The SMILES string of the molecule is Cc1ccccc1NC(=O)N1CCN(Cc2nc3cc(C(=O)NC(C)C)ccc3n2C)CC1. The second kappa shape index (κ2) is 9.62. The Kier molecular flexibility index (Phi) is 6.65. The fraction of sp³-hybridized carbons (Fsp3) is 0.400. The van der Waals surface area contributed by atoms with Gasteiger partial charge in [0.2, 0.25) is 0 Å². The van der Waals surface area contributed by atoms with E-state index in [4.69, 9.17) is 4.98 Å². The van der Waals surface area contributed by atoms with E-state index in [-0.39, 0.29) is 18.0 Å². The van der Waals surface area contributed by atoms with Gasteiger partial charge in [0.15, 0.2) is 0 Å². The molecule has 0 atom stereocenters. The van der Waals surface area contributed by atoms with Crippen molar-refractivity contribution in [3.63, 3.8) is 0 Å². The first-order chi connectivity index (χ1) is 15.8. The van der Waals surface area contributed by atoms with Crippen molar-refractivity contribution in [1.82, 2.24) is 24.7 Å². The minimum Gasteiger partial charge on any atom is -0.350 e. The van der Waals surface area contributed by atoms with Crippen molar-refractivity contribution in [1.29, 1.82) is 0 Å². The van der Waals surface area contributed by atoms with Crippen LogP contribution in [0.15, 0.2) is 42.5 Å². The summed E-state index contributed by atoms with van der Waals surface area (Å²) in [6, 6.07) is 13.5. The lowest BCUT2D eigenvalue weighted by Crippen LogP contribution is -2.49. The zero-order chi connectivity index (χ0) is 23.5. The summed E-state index contributed by atoms with van der Waals surface area (Å²) in [6.45, 7) is 9.49. The minimum absolute atomic E-state index is 0.0566. The Morgan fingerprint density at radius 3 is 2.48 bits per heavy atom. The van der Waals surface area contributed by atoms with Crippen LogP contribution in [0.5, 0.6) is 0 Å². The highest BCUT2D eigenvalue weighted by molar-refractivity contribution is 5.97. The summed E-state index contributed by atoms with van der Waals surface area (Å²) >= 11 is 0. The monoisotopic (exact) mass is 448 g/mol. The van der Waals surface area contributed by atoms with Crippen LogP contribution in [0.1, 0.15) is 35.6 Å². The molecule has 174 valence electrons. The predicted octanol–water partition coefficient (Wildman–Crippen LogP) is 3.37. The molecule has 2 heterocycles. The van der Waals surface area contributed by atoms with Crippen LogP contribution in [0.4, 0.5) is 10.5 Å². The number of benzene rings is 2. The molecule has 33 heavy (non-hydrogen) atoms. The largest absolute Gasteiger partial charge is 0.350 e. The summed E-state index contributed by atoms with van der Waals surface area (Å²) in [5.74, 6) is 0.864. The number of rotatable bonds is 5.